The Hall–Kier alpha value is -1.39. The Morgan fingerprint density at radius 1 is 1.29 bits per heavy atom. The molecule has 0 saturated heterocycles. The second-order valence-corrected chi connectivity index (χ2v) is 6.65. The molecule has 0 aliphatic rings. The molecule has 1 heterocycles. The van der Waals surface area contributed by atoms with Crippen LogP contribution >= 0.6 is 11.3 Å². The highest BCUT2D eigenvalue weighted by molar-refractivity contribution is 7.11. The van der Waals surface area contributed by atoms with Crippen molar-refractivity contribution in [3.05, 3.63) is 44.9 Å². The molecule has 0 saturated carbocycles. The molecule has 0 fully saturated rings. The first-order valence-electron chi connectivity index (χ1n) is 7.41. The van der Waals surface area contributed by atoms with E-state index in [2.05, 4.69) is 56.2 Å². The van der Waals surface area contributed by atoms with Gasteiger partial charge in [-0.1, -0.05) is 19.1 Å². The van der Waals surface area contributed by atoms with Crippen LogP contribution in [0, 0.1) is 20.8 Å². The number of aryl methyl sites for hydroxylation is 3. The molecule has 0 aliphatic carbocycles. The van der Waals surface area contributed by atoms with E-state index in [0.717, 1.165) is 23.0 Å². The summed E-state index contributed by atoms with van der Waals surface area (Å²) in [5, 5.41) is 4.48. The lowest BCUT2D eigenvalue weighted by molar-refractivity contribution is 0.299. The third-order valence-corrected chi connectivity index (χ3v) is 4.62. The number of hydrogen-bond acceptors (Lipinski definition) is 4. The minimum Gasteiger partial charge on any atom is -0.486 e. The van der Waals surface area contributed by atoms with Crippen LogP contribution in [0.4, 0.5) is 0 Å². The van der Waals surface area contributed by atoms with Gasteiger partial charge < -0.3 is 10.1 Å². The van der Waals surface area contributed by atoms with Crippen molar-refractivity contribution in [3.8, 4) is 5.75 Å². The van der Waals surface area contributed by atoms with E-state index in [4.69, 9.17) is 4.74 Å². The van der Waals surface area contributed by atoms with E-state index >= 15 is 0 Å². The van der Waals surface area contributed by atoms with E-state index in [1.54, 1.807) is 11.3 Å². The number of hydrogen-bond donors (Lipinski definition) is 1. The normalized spacial score (nSPS) is 12.4. The minimum absolute atomic E-state index is 0.283. The van der Waals surface area contributed by atoms with Crippen LogP contribution in [0.1, 0.15) is 46.6 Å². The summed E-state index contributed by atoms with van der Waals surface area (Å²) < 4.78 is 6.05. The molecule has 0 amide bonds. The van der Waals surface area contributed by atoms with E-state index in [0.29, 0.717) is 6.61 Å². The highest BCUT2D eigenvalue weighted by atomic mass is 32.1. The van der Waals surface area contributed by atoms with Crippen LogP contribution in [0.25, 0.3) is 0 Å². The molecule has 2 rings (SSSR count). The smallest absolute Gasteiger partial charge is 0.140 e. The van der Waals surface area contributed by atoms with Crippen LogP contribution in [-0.4, -0.2) is 11.5 Å². The zero-order valence-corrected chi connectivity index (χ0v) is 14.3. The third kappa shape index (κ3) is 4.05. The largest absolute Gasteiger partial charge is 0.486 e. The number of ether oxygens (including phenoxy) is 1. The minimum atomic E-state index is 0.283. The van der Waals surface area contributed by atoms with Crippen molar-refractivity contribution in [1.82, 2.24) is 10.3 Å². The van der Waals surface area contributed by atoms with Gasteiger partial charge in [-0.15, -0.1) is 11.3 Å². The maximum atomic E-state index is 6.05. The molecule has 4 heteroatoms. The Morgan fingerprint density at radius 2 is 2.05 bits per heavy atom. The highest BCUT2D eigenvalue weighted by Gasteiger charge is 2.12. The Balaban J connectivity index is 2.16. The lowest BCUT2D eigenvalue weighted by Crippen LogP contribution is -2.18. The van der Waals surface area contributed by atoms with Gasteiger partial charge in [0.2, 0.25) is 0 Å². The molecule has 0 spiro atoms. The second-order valence-electron chi connectivity index (χ2n) is 5.36. The van der Waals surface area contributed by atoms with Gasteiger partial charge in [0.1, 0.15) is 17.4 Å². The van der Waals surface area contributed by atoms with E-state index in [1.165, 1.54) is 16.0 Å². The molecule has 1 atom stereocenters. The number of nitrogens with zero attached hydrogens (tertiary/aromatic N) is 1. The molecule has 0 bridgehead atoms. The lowest BCUT2D eigenvalue weighted by Gasteiger charge is -2.18. The number of nitrogens with one attached hydrogen (secondary N) is 1. The molecule has 2 aromatic rings. The van der Waals surface area contributed by atoms with Gasteiger partial charge in [-0.05, 0) is 45.9 Å². The van der Waals surface area contributed by atoms with Gasteiger partial charge >= 0.3 is 0 Å². The van der Waals surface area contributed by atoms with Gasteiger partial charge in [0.05, 0.1) is 5.69 Å². The second kappa shape index (κ2) is 7.05. The SMILES string of the molecule is CCNC(C)c1ccc(C)cc1OCc1nc(C)c(C)s1. The predicted molar refractivity (Wildman–Crippen MR) is 89.2 cm³/mol. The molecule has 0 radical (unpaired) electrons. The molecule has 1 N–H and O–H groups in total. The first kappa shape index (κ1) is 16.0. The molecule has 1 aromatic carbocycles. The number of aromatic nitrogens is 1. The van der Waals surface area contributed by atoms with Crippen molar-refractivity contribution in [2.45, 2.75) is 47.3 Å². The topological polar surface area (TPSA) is 34.1 Å². The highest BCUT2D eigenvalue weighted by Crippen LogP contribution is 2.28. The van der Waals surface area contributed by atoms with Crippen molar-refractivity contribution < 1.29 is 4.74 Å². The van der Waals surface area contributed by atoms with Crippen molar-refractivity contribution >= 4 is 11.3 Å². The quantitative estimate of drug-likeness (QED) is 0.863. The summed E-state index contributed by atoms with van der Waals surface area (Å²) in [6, 6.07) is 6.67. The molecule has 3 nitrogen and oxygen atoms in total. The molecular weight excluding hydrogens is 280 g/mol. The monoisotopic (exact) mass is 304 g/mol. The van der Waals surface area contributed by atoms with E-state index in [9.17, 15) is 0 Å². The molecule has 114 valence electrons. The van der Waals surface area contributed by atoms with Gasteiger partial charge in [-0.3, -0.25) is 0 Å². The third-order valence-electron chi connectivity index (χ3n) is 3.57. The van der Waals surface area contributed by atoms with Crippen molar-refractivity contribution in [2.75, 3.05) is 6.54 Å². The zero-order chi connectivity index (χ0) is 15.4. The van der Waals surface area contributed by atoms with Gasteiger partial charge in [-0.2, -0.15) is 0 Å². The standard InChI is InChI=1S/C17H24N2OS/c1-6-18-13(4)15-8-7-11(2)9-16(15)20-10-17-19-12(3)14(5)21-17/h7-9,13,18H,6,10H2,1-5H3. The molecule has 21 heavy (non-hydrogen) atoms. The molecule has 0 aliphatic heterocycles. The first-order valence-corrected chi connectivity index (χ1v) is 8.22. The fourth-order valence-electron chi connectivity index (χ4n) is 2.28. The number of benzene rings is 1. The van der Waals surface area contributed by atoms with Gasteiger partial charge in [0.25, 0.3) is 0 Å². The van der Waals surface area contributed by atoms with Crippen molar-refractivity contribution in [2.24, 2.45) is 0 Å². The summed E-state index contributed by atoms with van der Waals surface area (Å²) in [7, 11) is 0. The van der Waals surface area contributed by atoms with Crippen LogP contribution in [0.2, 0.25) is 0 Å². The maximum absolute atomic E-state index is 6.05. The number of thiazole rings is 1. The summed E-state index contributed by atoms with van der Waals surface area (Å²) in [5.74, 6) is 0.953. The summed E-state index contributed by atoms with van der Waals surface area (Å²) in [4.78, 5) is 5.80. The van der Waals surface area contributed by atoms with Crippen LogP contribution in [0.5, 0.6) is 5.75 Å². The molecular formula is C17H24N2OS. The summed E-state index contributed by atoms with van der Waals surface area (Å²) in [6.45, 7) is 12.0. The van der Waals surface area contributed by atoms with Gasteiger partial charge in [0, 0.05) is 16.5 Å². The first-order chi connectivity index (χ1) is 10.0. The zero-order valence-electron chi connectivity index (χ0n) is 13.5. The Morgan fingerprint density at radius 3 is 2.67 bits per heavy atom. The van der Waals surface area contributed by atoms with E-state index in [1.807, 2.05) is 6.92 Å². The van der Waals surface area contributed by atoms with Gasteiger partial charge in [-0.25, -0.2) is 4.98 Å². The van der Waals surface area contributed by atoms with Gasteiger partial charge in [0.15, 0.2) is 0 Å². The fraction of sp³-hybridized carbons (Fsp3) is 0.471. The Kier molecular flexibility index (Phi) is 5.37. The molecule has 1 aromatic heterocycles. The fourth-order valence-corrected chi connectivity index (χ4v) is 3.13. The number of rotatable bonds is 6. The summed E-state index contributed by atoms with van der Waals surface area (Å²) in [5.41, 5.74) is 3.51. The van der Waals surface area contributed by atoms with E-state index < -0.39 is 0 Å². The predicted octanol–water partition coefficient (Wildman–Crippen LogP) is 4.32. The van der Waals surface area contributed by atoms with Crippen LogP contribution in [0.15, 0.2) is 18.2 Å². The van der Waals surface area contributed by atoms with Crippen LogP contribution < -0.4 is 10.1 Å². The van der Waals surface area contributed by atoms with Crippen LogP contribution in [-0.2, 0) is 6.61 Å². The summed E-state index contributed by atoms with van der Waals surface area (Å²) >= 11 is 1.71. The maximum Gasteiger partial charge on any atom is 0.140 e. The van der Waals surface area contributed by atoms with Crippen molar-refractivity contribution in [3.63, 3.8) is 0 Å². The van der Waals surface area contributed by atoms with Crippen molar-refractivity contribution in [1.29, 1.82) is 0 Å². The van der Waals surface area contributed by atoms with E-state index in [-0.39, 0.29) is 6.04 Å². The average molecular weight is 304 g/mol. The average Bonchev–Trinajstić information content (AvgIpc) is 2.76. The summed E-state index contributed by atoms with van der Waals surface area (Å²) in [6.07, 6.45) is 0. The molecule has 1 unspecified atom stereocenters. The lowest BCUT2D eigenvalue weighted by atomic mass is 10.0. The Labute approximate surface area is 131 Å². The van der Waals surface area contributed by atoms with Crippen LogP contribution in [0.3, 0.4) is 0 Å². The Bertz CT molecular complexity index is 587.